The van der Waals surface area contributed by atoms with Crippen molar-refractivity contribution in [3.63, 3.8) is 0 Å². The fourth-order valence-corrected chi connectivity index (χ4v) is 15.6. The second-order valence-electron chi connectivity index (χ2n) is 28.7. The van der Waals surface area contributed by atoms with Crippen molar-refractivity contribution in [1.82, 2.24) is 45.3 Å². The zero-order valence-electron chi connectivity index (χ0n) is 59.5. The number of piperidine rings is 3. The van der Waals surface area contributed by atoms with E-state index in [0.717, 1.165) is 232 Å². The van der Waals surface area contributed by atoms with Gasteiger partial charge in [-0.1, -0.05) is 62.9 Å². The van der Waals surface area contributed by atoms with E-state index in [9.17, 15) is 0 Å². The van der Waals surface area contributed by atoms with E-state index in [-0.39, 0.29) is 24.8 Å². The first kappa shape index (κ1) is 76.4. The molecule has 8 aromatic rings. The molecule has 0 aliphatic carbocycles. The Kier molecular flexibility index (Phi) is 29.1. The maximum atomic E-state index is 6.03. The molecule has 6 aliphatic rings. The van der Waals surface area contributed by atoms with Crippen molar-refractivity contribution in [3.05, 3.63) is 140 Å². The van der Waals surface area contributed by atoms with E-state index in [1.54, 1.807) is 0 Å². The average molecular weight is 1440 g/mol. The van der Waals surface area contributed by atoms with Crippen molar-refractivity contribution in [3.8, 4) is 0 Å². The van der Waals surface area contributed by atoms with Crippen LogP contribution in [0, 0.1) is 17.8 Å². The fourth-order valence-electron chi connectivity index (χ4n) is 15.3. The van der Waals surface area contributed by atoms with Gasteiger partial charge in [0.15, 0.2) is 16.7 Å². The number of fused-ring (bicyclic) bond motifs is 3. The summed E-state index contributed by atoms with van der Waals surface area (Å²) in [7, 11) is 12.7. The summed E-state index contributed by atoms with van der Waals surface area (Å²) in [6.45, 7) is 21.7. The Morgan fingerprint density at radius 1 is 0.394 bits per heavy atom. The van der Waals surface area contributed by atoms with Crippen molar-refractivity contribution in [2.75, 3.05) is 175 Å². The molecule has 0 amide bonds. The summed E-state index contributed by atoms with van der Waals surface area (Å²) in [5.74, 6) is 2.31. The summed E-state index contributed by atoms with van der Waals surface area (Å²) in [5, 5.41) is 22.2. The number of nitrogens with zero attached hydrogens (tertiary/aromatic N) is 11. The van der Waals surface area contributed by atoms with Crippen LogP contribution in [0.15, 0.2) is 98.5 Å². The summed E-state index contributed by atoms with van der Waals surface area (Å²) < 4.78 is 34.6. The first-order chi connectivity index (χ1) is 47.3. The monoisotopic (exact) mass is 1440 g/mol. The first-order valence-corrected chi connectivity index (χ1v) is 36.9. The topological polar surface area (TPSA) is 144 Å². The molecule has 0 bridgehead atoms. The molecule has 6 aliphatic heterocycles. The van der Waals surface area contributed by atoms with Crippen LogP contribution in [0.2, 0.25) is 10.0 Å². The number of aryl methyl sites for hydroxylation is 3. The smallest absolute Gasteiger partial charge is 0.173 e. The number of anilines is 3. The number of rotatable bonds is 22. The van der Waals surface area contributed by atoms with Gasteiger partial charge in [0.25, 0.3) is 0 Å². The van der Waals surface area contributed by atoms with Gasteiger partial charge in [-0.05, 0) is 248 Å². The third kappa shape index (κ3) is 20.8. The van der Waals surface area contributed by atoms with E-state index in [4.69, 9.17) is 51.0 Å². The Bertz CT molecular complexity index is 3540. The molecule has 22 heteroatoms. The minimum Gasteiger partial charge on any atom is -0.378 e. The lowest BCUT2D eigenvalue weighted by molar-refractivity contribution is 0.122. The van der Waals surface area contributed by atoms with E-state index in [2.05, 4.69) is 163 Å². The van der Waals surface area contributed by atoms with Crippen molar-refractivity contribution in [2.24, 2.45) is 17.8 Å². The highest BCUT2D eigenvalue weighted by Crippen LogP contribution is 2.38. The van der Waals surface area contributed by atoms with Crippen LogP contribution in [0.4, 0.5) is 17.1 Å². The highest BCUT2D eigenvalue weighted by Gasteiger charge is 2.28. The first-order valence-electron chi connectivity index (χ1n) is 36.1. The maximum absolute atomic E-state index is 6.03. The van der Waals surface area contributed by atoms with Crippen LogP contribution in [-0.4, -0.2) is 200 Å². The van der Waals surface area contributed by atoms with Crippen LogP contribution in [0.25, 0.3) is 32.9 Å². The summed E-state index contributed by atoms with van der Waals surface area (Å²) in [6.07, 6.45) is 14.1. The molecule has 0 atom stereocenters. The molecule has 18 nitrogen and oxygen atoms in total. The largest absolute Gasteiger partial charge is 0.378 e. The summed E-state index contributed by atoms with van der Waals surface area (Å²) in [5.41, 5.74) is 16.4. The van der Waals surface area contributed by atoms with Gasteiger partial charge in [-0.25, -0.2) is 0 Å². The zero-order valence-corrected chi connectivity index (χ0v) is 62.6. The second kappa shape index (κ2) is 37.8. The zero-order chi connectivity index (χ0) is 67.0. The van der Waals surface area contributed by atoms with Crippen molar-refractivity contribution < 1.29 is 27.8 Å². The lowest BCUT2D eigenvalue weighted by Crippen LogP contribution is -2.37. The standard InChI is InChI=1S/2C28H37ClN4O2.C21H32N4O2.2ClH/c2*1-31(2)20-25-27(33-15-17-34-18-16-33)10-8-24-26(30-35-28(24)25)9-5-21-11-13-32(14-12-21)19-22-3-6-23(29)7-4-22;1-24(2)15-18-20(25-11-13-26-14-12-25)6-4-17-19(23-27-21(17)18)5-3-16-7-9-22-10-8-16;;/h2*3-4,6-8,10,21H,5,9,11-20H2,1-2H3;4,6,16,22H,3,5,7-15H2,1-2H3;2*1H. The molecular weight excluding hydrogens is 1330 g/mol. The highest BCUT2D eigenvalue weighted by atomic mass is 35.5. The summed E-state index contributed by atoms with van der Waals surface area (Å²) in [4.78, 5) is 19.0. The molecule has 0 spiro atoms. The number of ether oxygens (including phenoxy) is 3. The molecule has 6 fully saturated rings. The predicted molar refractivity (Wildman–Crippen MR) is 407 cm³/mol. The number of likely N-dealkylation sites (tertiary alicyclic amines) is 2. The predicted octanol–water partition coefficient (Wildman–Crippen LogP) is 14.0. The number of halogens is 4. The molecule has 3 aromatic heterocycles. The van der Waals surface area contributed by atoms with Gasteiger partial charge in [0.2, 0.25) is 0 Å². The average Bonchev–Trinajstić information content (AvgIpc) is 1.71. The fraction of sp³-hybridized carbons (Fsp3) is 0.571. The number of aromatic nitrogens is 3. The number of benzene rings is 5. The molecule has 0 unspecified atom stereocenters. The molecule has 5 aromatic carbocycles. The second-order valence-corrected chi connectivity index (χ2v) is 29.6. The summed E-state index contributed by atoms with van der Waals surface area (Å²) in [6, 6.07) is 29.9. The summed E-state index contributed by atoms with van der Waals surface area (Å²) >= 11 is 12.1. The molecule has 14 rings (SSSR count). The minimum atomic E-state index is 0. The van der Waals surface area contributed by atoms with Crippen LogP contribution in [0.3, 0.4) is 0 Å². The molecule has 0 radical (unpaired) electrons. The van der Waals surface area contributed by atoms with E-state index in [1.807, 2.05) is 24.3 Å². The lowest BCUT2D eigenvalue weighted by atomic mass is 9.91. The van der Waals surface area contributed by atoms with Gasteiger partial charge < -0.3 is 62.5 Å². The van der Waals surface area contributed by atoms with Crippen LogP contribution >= 0.6 is 48.0 Å². The molecule has 99 heavy (non-hydrogen) atoms. The van der Waals surface area contributed by atoms with Gasteiger partial charge in [-0.15, -0.1) is 24.8 Å². The highest BCUT2D eigenvalue weighted by molar-refractivity contribution is 6.30. The number of hydrogen-bond acceptors (Lipinski definition) is 18. The van der Waals surface area contributed by atoms with E-state index >= 15 is 0 Å². The Balaban J connectivity index is 0.000000161. The maximum Gasteiger partial charge on any atom is 0.173 e. The van der Waals surface area contributed by atoms with Crippen molar-refractivity contribution in [2.45, 2.75) is 110 Å². The molecule has 6 saturated heterocycles. The van der Waals surface area contributed by atoms with Crippen LogP contribution in [0.1, 0.15) is 103 Å². The van der Waals surface area contributed by atoms with Gasteiger partial charge in [0, 0.05) is 132 Å². The Labute approximate surface area is 610 Å². The molecule has 0 saturated carbocycles. The van der Waals surface area contributed by atoms with Gasteiger partial charge in [0.05, 0.1) is 56.7 Å². The van der Waals surface area contributed by atoms with Crippen molar-refractivity contribution >= 4 is 98.0 Å². The SMILES string of the molecule is CN(C)Cc1c(N2CCOCC2)ccc2c(CCC3CCN(Cc4ccc(Cl)cc4)CC3)noc12.CN(C)Cc1c(N2CCOCC2)ccc2c(CCC3CCN(Cc4ccc(Cl)cc4)CC3)noc12.CN(C)Cc1c(N2CCOCC2)ccc2c(CCC3CCNCC3)noc12.Cl.Cl. The van der Waals surface area contributed by atoms with Gasteiger partial charge in [-0.3, -0.25) is 9.80 Å². The lowest BCUT2D eigenvalue weighted by Gasteiger charge is -2.32. The quantitative estimate of drug-likeness (QED) is 0.0686. The Hall–Kier alpha value is -5.29. The number of morpholine rings is 3. The normalized spacial score (nSPS) is 18.1. The van der Waals surface area contributed by atoms with Crippen LogP contribution in [0.5, 0.6) is 0 Å². The van der Waals surface area contributed by atoms with Crippen LogP contribution < -0.4 is 20.0 Å². The third-order valence-electron chi connectivity index (χ3n) is 20.7. The molecule has 540 valence electrons. The minimum absolute atomic E-state index is 0. The van der Waals surface area contributed by atoms with Crippen LogP contribution in [-0.2, 0) is 66.2 Å². The van der Waals surface area contributed by atoms with E-state index in [0.29, 0.717) is 0 Å². The van der Waals surface area contributed by atoms with E-state index < -0.39 is 0 Å². The molecule has 1 N–H and O–H groups in total. The number of nitrogens with one attached hydrogen (secondary N) is 1. The Morgan fingerprint density at radius 2 is 0.687 bits per heavy atom. The van der Waals surface area contributed by atoms with Crippen molar-refractivity contribution in [1.29, 1.82) is 0 Å². The van der Waals surface area contributed by atoms with Gasteiger partial charge in [0.1, 0.15) is 0 Å². The molecular formula is C77H108Cl4N12O6. The third-order valence-corrected chi connectivity index (χ3v) is 21.2. The van der Waals surface area contributed by atoms with Gasteiger partial charge >= 0.3 is 0 Å². The molecule has 9 heterocycles. The Morgan fingerprint density at radius 3 is 0.980 bits per heavy atom. The number of hydrogen-bond donors (Lipinski definition) is 1. The van der Waals surface area contributed by atoms with E-state index in [1.165, 1.54) is 119 Å². The van der Waals surface area contributed by atoms with Gasteiger partial charge in [-0.2, -0.15) is 0 Å².